The van der Waals surface area contributed by atoms with Crippen LogP contribution in [-0.4, -0.2) is 17.4 Å². The lowest BCUT2D eigenvalue weighted by molar-refractivity contribution is 0.0960. The van der Waals surface area contributed by atoms with Gasteiger partial charge in [-0.05, 0) is 12.1 Å². The highest BCUT2D eigenvalue weighted by Gasteiger charge is 2.09. The quantitative estimate of drug-likeness (QED) is 0.718. The molecule has 1 heterocycles. The number of benzene rings is 1. The number of amides is 1. The molecule has 0 aliphatic carbocycles. The van der Waals surface area contributed by atoms with Crippen molar-refractivity contribution in [1.82, 2.24) is 10.3 Å². The molecule has 0 saturated heterocycles. The van der Waals surface area contributed by atoms with Crippen molar-refractivity contribution in [1.29, 1.82) is 5.26 Å². The van der Waals surface area contributed by atoms with Crippen molar-refractivity contribution in [2.45, 2.75) is 0 Å². The van der Waals surface area contributed by atoms with Gasteiger partial charge in [0.2, 0.25) is 0 Å². The smallest absolute Gasteiger partial charge is 0.254 e. The second kappa shape index (κ2) is 3.84. The lowest BCUT2D eigenvalue weighted by Gasteiger charge is -2.02. The molecule has 2 aromatic rings. The molecule has 74 valence electrons. The Balaban J connectivity index is 2.39. The Morgan fingerprint density at radius 3 is 3.13 bits per heavy atom. The van der Waals surface area contributed by atoms with Gasteiger partial charge in [0.15, 0.2) is 0 Å². The molecule has 1 aromatic heterocycles. The van der Waals surface area contributed by atoms with Crippen LogP contribution < -0.4 is 5.32 Å². The molecule has 0 aliphatic rings. The summed E-state index contributed by atoms with van der Waals surface area (Å²) in [5, 5.41) is 11.9. The molecule has 2 rings (SSSR count). The van der Waals surface area contributed by atoms with E-state index in [2.05, 4.69) is 10.3 Å². The van der Waals surface area contributed by atoms with Gasteiger partial charge in [0, 0.05) is 11.6 Å². The second-order valence-electron chi connectivity index (χ2n) is 3.09. The number of hydrogen-bond acceptors (Lipinski definition) is 2. The predicted octanol–water partition coefficient (Wildman–Crippen LogP) is 1.42. The second-order valence-corrected chi connectivity index (χ2v) is 3.09. The number of aromatic nitrogens is 1. The lowest BCUT2D eigenvalue weighted by atomic mass is 10.1. The first-order chi connectivity index (χ1) is 7.33. The topological polar surface area (TPSA) is 68.7 Å². The van der Waals surface area contributed by atoms with E-state index in [-0.39, 0.29) is 12.5 Å². The third-order valence-electron chi connectivity index (χ3n) is 2.16. The average molecular weight is 199 g/mol. The molecule has 0 radical (unpaired) electrons. The van der Waals surface area contributed by atoms with Crippen molar-refractivity contribution in [2.24, 2.45) is 0 Å². The van der Waals surface area contributed by atoms with Crippen LogP contribution in [0.3, 0.4) is 0 Å². The fourth-order valence-electron chi connectivity index (χ4n) is 1.49. The summed E-state index contributed by atoms with van der Waals surface area (Å²) in [5.74, 6) is -0.232. The minimum Gasteiger partial charge on any atom is -0.361 e. The van der Waals surface area contributed by atoms with Crippen molar-refractivity contribution < 1.29 is 4.79 Å². The summed E-state index contributed by atoms with van der Waals surface area (Å²) >= 11 is 0. The summed E-state index contributed by atoms with van der Waals surface area (Å²) in [5.41, 5.74) is 1.36. The van der Waals surface area contributed by atoms with Crippen LogP contribution in [0.1, 0.15) is 10.4 Å². The van der Waals surface area contributed by atoms with Gasteiger partial charge in [0.25, 0.3) is 5.91 Å². The molecule has 4 nitrogen and oxygen atoms in total. The first-order valence-corrected chi connectivity index (χ1v) is 4.54. The highest BCUT2D eigenvalue weighted by Crippen LogP contribution is 2.16. The van der Waals surface area contributed by atoms with E-state index >= 15 is 0 Å². The molecule has 0 saturated carbocycles. The third-order valence-corrected chi connectivity index (χ3v) is 2.16. The molecule has 0 atom stereocenters. The third kappa shape index (κ3) is 1.67. The van der Waals surface area contributed by atoms with Gasteiger partial charge in [-0.15, -0.1) is 0 Å². The molecular formula is C11H9N3O. The van der Waals surface area contributed by atoms with Crippen LogP contribution in [-0.2, 0) is 0 Å². The molecule has 0 fully saturated rings. The molecule has 15 heavy (non-hydrogen) atoms. The number of carbonyl (C=O) groups excluding carboxylic acids is 1. The number of nitrogens with zero attached hydrogens (tertiary/aromatic N) is 1. The van der Waals surface area contributed by atoms with Crippen LogP contribution in [0.4, 0.5) is 0 Å². The van der Waals surface area contributed by atoms with E-state index in [0.717, 1.165) is 10.9 Å². The molecule has 2 N–H and O–H groups in total. The number of nitrogens with one attached hydrogen (secondary N) is 2. The Morgan fingerprint density at radius 1 is 1.47 bits per heavy atom. The van der Waals surface area contributed by atoms with Crippen LogP contribution >= 0.6 is 0 Å². The predicted molar refractivity (Wildman–Crippen MR) is 56.2 cm³/mol. The van der Waals surface area contributed by atoms with E-state index in [1.807, 2.05) is 24.3 Å². The summed E-state index contributed by atoms with van der Waals surface area (Å²) in [6, 6.07) is 9.24. The van der Waals surface area contributed by atoms with Crippen molar-refractivity contribution in [3.8, 4) is 6.07 Å². The number of H-pyrrole nitrogens is 1. The van der Waals surface area contributed by atoms with E-state index in [0.29, 0.717) is 5.56 Å². The summed E-state index contributed by atoms with van der Waals surface area (Å²) < 4.78 is 0. The molecule has 0 spiro atoms. The fourth-order valence-corrected chi connectivity index (χ4v) is 1.49. The number of aromatic amines is 1. The van der Waals surface area contributed by atoms with Gasteiger partial charge >= 0.3 is 0 Å². The number of carbonyl (C=O) groups is 1. The highest BCUT2D eigenvalue weighted by atomic mass is 16.1. The first kappa shape index (κ1) is 9.28. The average Bonchev–Trinajstić information content (AvgIpc) is 2.73. The minimum atomic E-state index is -0.232. The van der Waals surface area contributed by atoms with Crippen LogP contribution in [0.5, 0.6) is 0 Å². The Kier molecular flexibility index (Phi) is 2.38. The highest BCUT2D eigenvalue weighted by molar-refractivity contribution is 6.05. The summed E-state index contributed by atoms with van der Waals surface area (Å²) in [7, 11) is 0. The number of hydrogen-bond donors (Lipinski definition) is 2. The molecule has 1 aromatic carbocycles. The number of para-hydroxylation sites is 1. The molecule has 0 bridgehead atoms. The monoisotopic (exact) mass is 199 g/mol. The van der Waals surface area contributed by atoms with Crippen molar-refractivity contribution in [2.75, 3.05) is 6.54 Å². The van der Waals surface area contributed by atoms with Gasteiger partial charge < -0.3 is 10.3 Å². The maximum atomic E-state index is 11.6. The Labute approximate surface area is 86.5 Å². The van der Waals surface area contributed by atoms with Crippen molar-refractivity contribution in [3.63, 3.8) is 0 Å². The standard InChI is InChI=1S/C11H9N3O/c12-5-7-14-11(15)9-3-1-2-8-4-6-13-10(8)9/h1-4,6,13H,7H2,(H,14,15). The van der Waals surface area contributed by atoms with Crippen LogP contribution in [0.2, 0.25) is 0 Å². The van der Waals surface area contributed by atoms with E-state index in [9.17, 15) is 4.79 Å². The maximum Gasteiger partial charge on any atom is 0.254 e. The SMILES string of the molecule is N#CCNC(=O)c1cccc2cc[nH]c12. The van der Waals surface area contributed by atoms with Gasteiger partial charge in [-0.25, -0.2) is 0 Å². The number of rotatable bonds is 2. The molecule has 1 amide bonds. The first-order valence-electron chi connectivity index (χ1n) is 4.54. The van der Waals surface area contributed by atoms with E-state index < -0.39 is 0 Å². The van der Waals surface area contributed by atoms with E-state index in [4.69, 9.17) is 5.26 Å². The van der Waals surface area contributed by atoms with Crippen molar-refractivity contribution >= 4 is 16.8 Å². The zero-order chi connectivity index (χ0) is 10.7. The number of nitriles is 1. The summed E-state index contributed by atoms with van der Waals surface area (Å²) in [4.78, 5) is 14.6. The zero-order valence-corrected chi connectivity index (χ0v) is 7.95. The summed E-state index contributed by atoms with van der Waals surface area (Å²) in [6.07, 6.45) is 1.78. The van der Waals surface area contributed by atoms with Crippen molar-refractivity contribution in [3.05, 3.63) is 36.0 Å². The largest absolute Gasteiger partial charge is 0.361 e. The van der Waals surface area contributed by atoms with E-state index in [1.54, 1.807) is 12.3 Å². The minimum absolute atomic E-state index is 0.0237. The normalized spacial score (nSPS) is 9.80. The van der Waals surface area contributed by atoms with Crippen LogP contribution in [0.25, 0.3) is 10.9 Å². The summed E-state index contributed by atoms with van der Waals surface area (Å²) in [6.45, 7) is 0.0237. The van der Waals surface area contributed by atoms with Gasteiger partial charge in [-0.3, -0.25) is 4.79 Å². The van der Waals surface area contributed by atoms with Crippen LogP contribution in [0, 0.1) is 11.3 Å². The zero-order valence-electron chi connectivity index (χ0n) is 7.95. The Bertz CT molecular complexity index is 536. The van der Waals surface area contributed by atoms with Gasteiger partial charge in [0.1, 0.15) is 6.54 Å². The molecule has 0 unspecified atom stereocenters. The Hall–Kier alpha value is -2.28. The number of fused-ring (bicyclic) bond motifs is 1. The fraction of sp³-hybridized carbons (Fsp3) is 0.0909. The molecule has 4 heteroatoms. The molecule has 0 aliphatic heterocycles. The van der Waals surface area contributed by atoms with Gasteiger partial charge in [-0.1, -0.05) is 12.1 Å². The van der Waals surface area contributed by atoms with E-state index in [1.165, 1.54) is 0 Å². The van der Waals surface area contributed by atoms with Gasteiger partial charge in [-0.2, -0.15) is 5.26 Å². The lowest BCUT2D eigenvalue weighted by Crippen LogP contribution is -2.23. The molecular weight excluding hydrogens is 190 g/mol. The van der Waals surface area contributed by atoms with Crippen LogP contribution in [0.15, 0.2) is 30.5 Å². The van der Waals surface area contributed by atoms with Gasteiger partial charge in [0.05, 0.1) is 17.1 Å². The Morgan fingerprint density at radius 2 is 2.33 bits per heavy atom. The maximum absolute atomic E-state index is 11.6.